The number of likely N-dealkylation sites (tertiary alicyclic amines) is 1. The number of carboxylic acids is 1. The molecule has 86 valence electrons. The van der Waals surface area contributed by atoms with Crippen molar-refractivity contribution in [3.8, 4) is 0 Å². The Kier molecular flexibility index (Phi) is 4.17. The summed E-state index contributed by atoms with van der Waals surface area (Å²) in [5, 5.41) is 9.06. The third-order valence-electron chi connectivity index (χ3n) is 3.14. The highest BCUT2D eigenvalue weighted by Crippen LogP contribution is 2.31. The average molecular weight is 232 g/mol. The van der Waals surface area contributed by atoms with Gasteiger partial charge in [-0.1, -0.05) is 11.6 Å². The van der Waals surface area contributed by atoms with E-state index in [1.165, 1.54) is 0 Å². The molecule has 0 aromatic rings. The number of halogens is 1. The monoisotopic (exact) mass is 231 g/mol. The van der Waals surface area contributed by atoms with Gasteiger partial charge in [0.05, 0.1) is 5.41 Å². The molecule has 0 bridgehead atoms. The summed E-state index contributed by atoms with van der Waals surface area (Å²) in [7, 11) is 0. The smallest absolute Gasteiger partial charge is 0.309 e. The van der Waals surface area contributed by atoms with E-state index in [0.717, 1.165) is 38.0 Å². The molecule has 1 aliphatic heterocycles. The van der Waals surface area contributed by atoms with Gasteiger partial charge in [-0.2, -0.15) is 0 Å². The van der Waals surface area contributed by atoms with Crippen molar-refractivity contribution in [3.63, 3.8) is 0 Å². The normalized spacial score (nSPS) is 22.7. The number of hydrogen-bond donors (Lipinski definition) is 1. The molecule has 0 saturated carbocycles. The van der Waals surface area contributed by atoms with Crippen molar-refractivity contribution in [1.29, 1.82) is 0 Å². The lowest BCUT2D eigenvalue weighted by atomic mass is 9.80. The standard InChI is InChI=1S/C11H18ClNO2/c1-9(7-12)8-13-5-3-11(2,4-6-13)10(14)15/h7H,3-6,8H2,1-2H3,(H,14,15). The molecule has 0 atom stereocenters. The quantitative estimate of drug-likeness (QED) is 0.811. The van der Waals surface area contributed by atoms with E-state index in [1.54, 1.807) is 5.54 Å². The third-order valence-corrected chi connectivity index (χ3v) is 3.51. The third kappa shape index (κ3) is 3.21. The molecule has 1 heterocycles. The van der Waals surface area contributed by atoms with Gasteiger partial charge in [-0.25, -0.2) is 0 Å². The molecule has 0 radical (unpaired) electrons. The number of hydrogen-bond acceptors (Lipinski definition) is 2. The van der Waals surface area contributed by atoms with Crippen LogP contribution in [0.25, 0.3) is 0 Å². The van der Waals surface area contributed by atoms with Gasteiger partial charge in [-0.05, 0) is 45.4 Å². The van der Waals surface area contributed by atoms with Gasteiger partial charge in [0.1, 0.15) is 0 Å². The van der Waals surface area contributed by atoms with Crippen molar-refractivity contribution in [2.75, 3.05) is 19.6 Å². The molecule has 0 spiro atoms. The van der Waals surface area contributed by atoms with Crippen LogP contribution >= 0.6 is 11.6 Å². The summed E-state index contributed by atoms with van der Waals surface area (Å²) in [6, 6.07) is 0. The molecule has 1 saturated heterocycles. The van der Waals surface area contributed by atoms with Crippen LogP contribution in [-0.4, -0.2) is 35.6 Å². The van der Waals surface area contributed by atoms with Gasteiger partial charge in [0, 0.05) is 12.1 Å². The molecule has 0 amide bonds. The second-order valence-corrected chi connectivity index (χ2v) is 4.82. The second-order valence-electron chi connectivity index (χ2n) is 4.60. The van der Waals surface area contributed by atoms with Gasteiger partial charge < -0.3 is 5.11 Å². The Labute approximate surface area is 95.7 Å². The Morgan fingerprint density at radius 2 is 2.07 bits per heavy atom. The topological polar surface area (TPSA) is 40.5 Å². The molecule has 4 heteroatoms. The largest absolute Gasteiger partial charge is 0.481 e. The number of nitrogens with zero attached hydrogens (tertiary/aromatic N) is 1. The first-order valence-electron chi connectivity index (χ1n) is 5.19. The lowest BCUT2D eigenvalue weighted by Gasteiger charge is -2.36. The highest BCUT2D eigenvalue weighted by molar-refractivity contribution is 6.25. The Balaban J connectivity index is 2.46. The molecule has 15 heavy (non-hydrogen) atoms. The van der Waals surface area contributed by atoms with E-state index in [9.17, 15) is 4.79 Å². The van der Waals surface area contributed by atoms with E-state index in [2.05, 4.69) is 4.90 Å². The Morgan fingerprint density at radius 3 is 2.47 bits per heavy atom. The molecule has 0 aliphatic carbocycles. The van der Waals surface area contributed by atoms with E-state index in [1.807, 2.05) is 13.8 Å². The summed E-state index contributed by atoms with van der Waals surface area (Å²) in [6.07, 6.45) is 1.44. The Bertz CT molecular complexity index is 268. The van der Waals surface area contributed by atoms with Crippen LogP contribution in [0.15, 0.2) is 11.1 Å². The number of piperidine rings is 1. The number of rotatable bonds is 3. The van der Waals surface area contributed by atoms with Gasteiger partial charge in [-0.3, -0.25) is 9.69 Å². The summed E-state index contributed by atoms with van der Waals surface area (Å²) in [5.74, 6) is -0.674. The Morgan fingerprint density at radius 1 is 1.53 bits per heavy atom. The molecule has 0 aromatic carbocycles. The second kappa shape index (κ2) is 4.99. The van der Waals surface area contributed by atoms with Gasteiger partial charge in [-0.15, -0.1) is 0 Å². The molecule has 0 aromatic heterocycles. The molecule has 1 fully saturated rings. The summed E-state index contributed by atoms with van der Waals surface area (Å²) in [6.45, 7) is 6.34. The van der Waals surface area contributed by atoms with Crippen molar-refractivity contribution >= 4 is 17.6 Å². The van der Waals surface area contributed by atoms with Crippen molar-refractivity contribution < 1.29 is 9.90 Å². The average Bonchev–Trinajstić information content (AvgIpc) is 2.21. The van der Waals surface area contributed by atoms with Crippen LogP contribution in [0.5, 0.6) is 0 Å². The molecule has 1 aliphatic rings. The summed E-state index contributed by atoms with van der Waals surface area (Å²) in [5.41, 5.74) is 2.18. The fourth-order valence-corrected chi connectivity index (χ4v) is 1.87. The van der Waals surface area contributed by atoms with Crippen LogP contribution in [0.3, 0.4) is 0 Å². The zero-order valence-electron chi connectivity index (χ0n) is 9.29. The van der Waals surface area contributed by atoms with Crippen molar-refractivity contribution in [2.24, 2.45) is 5.41 Å². The molecular formula is C11H18ClNO2. The van der Waals surface area contributed by atoms with Gasteiger partial charge in [0.15, 0.2) is 0 Å². The first-order valence-corrected chi connectivity index (χ1v) is 5.63. The van der Waals surface area contributed by atoms with E-state index >= 15 is 0 Å². The predicted octanol–water partition coefficient (Wildman–Crippen LogP) is 2.32. The highest BCUT2D eigenvalue weighted by Gasteiger charge is 2.36. The number of carbonyl (C=O) groups is 1. The van der Waals surface area contributed by atoms with E-state index in [4.69, 9.17) is 16.7 Å². The van der Waals surface area contributed by atoms with Crippen LogP contribution in [0, 0.1) is 5.41 Å². The summed E-state index contributed by atoms with van der Waals surface area (Å²) in [4.78, 5) is 13.3. The maximum atomic E-state index is 11.0. The fourth-order valence-electron chi connectivity index (χ4n) is 1.81. The first-order chi connectivity index (χ1) is 6.98. The van der Waals surface area contributed by atoms with Crippen molar-refractivity contribution in [3.05, 3.63) is 11.1 Å². The zero-order chi connectivity index (χ0) is 11.5. The SMILES string of the molecule is CC(=CCl)CN1CCC(C)(C(=O)O)CC1. The van der Waals surface area contributed by atoms with Crippen LogP contribution in [0.1, 0.15) is 26.7 Å². The molecule has 1 N–H and O–H groups in total. The van der Waals surface area contributed by atoms with E-state index in [0.29, 0.717) is 0 Å². The molecule has 3 nitrogen and oxygen atoms in total. The van der Waals surface area contributed by atoms with E-state index < -0.39 is 11.4 Å². The Hall–Kier alpha value is -0.540. The summed E-state index contributed by atoms with van der Waals surface area (Å²) < 4.78 is 0. The van der Waals surface area contributed by atoms with Gasteiger partial charge in [0.2, 0.25) is 0 Å². The number of aliphatic carboxylic acids is 1. The fraction of sp³-hybridized carbons (Fsp3) is 0.727. The van der Waals surface area contributed by atoms with Crippen LogP contribution < -0.4 is 0 Å². The van der Waals surface area contributed by atoms with Crippen molar-refractivity contribution in [1.82, 2.24) is 4.90 Å². The lowest BCUT2D eigenvalue weighted by molar-refractivity contribution is -0.150. The minimum Gasteiger partial charge on any atom is -0.481 e. The minimum atomic E-state index is -0.674. The van der Waals surface area contributed by atoms with Gasteiger partial charge >= 0.3 is 5.97 Å². The lowest BCUT2D eigenvalue weighted by Crippen LogP contribution is -2.43. The minimum absolute atomic E-state index is 0.533. The van der Waals surface area contributed by atoms with Crippen LogP contribution in [0.4, 0.5) is 0 Å². The van der Waals surface area contributed by atoms with Crippen molar-refractivity contribution in [2.45, 2.75) is 26.7 Å². The number of carboxylic acid groups (broad SMARTS) is 1. The summed E-state index contributed by atoms with van der Waals surface area (Å²) >= 11 is 5.59. The van der Waals surface area contributed by atoms with E-state index in [-0.39, 0.29) is 0 Å². The molecule has 1 rings (SSSR count). The maximum Gasteiger partial charge on any atom is 0.309 e. The first kappa shape index (κ1) is 12.5. The van der Waals surface area contributed by atoms with Crippen LogP contribution in [-0.2, 0) is 4.79 Å². The molecular weight excluding hydrogens is 214 g/mol. The van der Waals surface area contributed by atoms with Crippen LogP contribution in [0.2, 0.25) is 0 Å². The maximum absolute atomic E-state index is 11.0. The molecule has 0 unspecified atom stereocenters. The van der Waals surface area contributed by atoms with Gasteiger partial charge in [0.25, 0.3) is 0 Å². The zero-order valence-corrected chi connectivity index (χ0v) is 10.0. The highest BCUT2D eigenvalue weighted by atomic mass is 35.5. The predicted molar refractivity (Wildman–Crippen MR) is 61.0 cm³/mol.